The largest absolute Gasteiger partial charge is 0.527 e. The molecule has 5 heteroatoms. The van der Waals surface area contributed by atoms with Gasteiger partial charge in [-0.3, -0.25) is 9.42 Å². The lowest BCUT2D eigenvalue weighted by Crippen LogP contribution is -2.10. The Balaban J connectivity index is 1.95. The number of hydrogen-bond donors (Lipinski definition) is 1. The second kappa shape index (κ2) is 17.6. The highest BCUT2D eigenvalue weighted by atomic mass is 31.2. The van der Waals surface area contributed by atoms with Crippen molar-refractivity contribution in [3.05, 3.63) is 29.8 Å². The lowest BCUT2D eigenvalue weighted by molar-refractivity contribution is 0.199. The van der Waals surface area contributed by atoms with E-state index in [2.05, 4.69) is 27.7 Å². The summed E-state index contributed by atoms with van der Waals surface area (Å²) < 4.78 is 22.5. The summed E-state index contributed by atoms with van der Waals surface area (Å²) in [6.45, 7) is 8.91. The summed E-state index contributed by atoms with van der Waals surface area (Å²) in [4.78, 5) is 9.93. The Hall–Kier alpha value is -0.830. The molecule has 0 radical (unpaired) electrons. The first kappa shape index (κ1) is 30.2. The summed E-state index contributed by atoms with van der Waals surface area (Å²) in [7, 11) is -4.06. The maximum absolute atomic E-state index is 12.1. The minimum atomic E-state index is -4.06. The molecule has 0 spiro atoms. The van der Waals surface area contributed by atoms with Crippen molar-refractivity contribution < 1.29 is 18.5 Å². The van der Waals surface area contributed by atoms with Gasteiger partial charge >= 0.3 is 7.82 Å². The average Bonchev–Trinajstić information content (AvgIpc) is 2.75. The molecule has 33 heavy (non-hydrogen) atoms. The molecule has 1 aromatic rings. The summed E-state index contributed by atoms with van der Waals surface area (Å²) in [5.41, 5.74) is 1.18. The van der Waals surface area contributed by atoms with E-state index in [1.54, 1.807) is 12.1 Å². The Morgan fingerprint density at radius 1 is 0.697 bits per heavy atom. The zero-order valence-corrected chi connectivity index (χ0v) is 22.8. The Kier molecular flexibility index (Phi) is 16.1. The van der Waals surface area contributed by atoms with Crippen LogP contribution in [0.5, 0.6) is 5.75 Å². The Labute approximate surface area is 204 Å². The van der Waals surface area contributed by atoms with Crippen LogP contribution in [-0.4, -0.2) is 11.5 Å². The fourth-order valence-electron chi connectivity index (χ4n) is 4.01. The normalized spacial score (nSPS) is 13.7. The van der Waals surface area contributed by atoms with E-state index < -0.39 is 7.82 Å². The summed E-state index contributed by atoms with van der Waals surface area (Å²) in [5.74, 6) is 0.362. The van der Waals surface area contributed by atoms with Crippen LogP contribution in [0, 0.1) is 0 Å². The Morgan fingerprint density at radius 2 is 1.09 bits per heavy atom. The molecule has 0 amide bonds. The van der Waals surface area contributed by atoms with Gasteiger partial charge in [-0.1, -0.05) is 136 Å². The van der Waals surface area contributed by atoms with E-state index in [1.807, 2.05) is 12.1 Å². The van der Waals surface area contributed by atoms with E-state index in [0.717, 1.165) is 24.8 Å². The van der Waals surface area contributed by atoms with Gasteiger partial charge in [0.2, 0.25) is 0 Å². The summed E-state index contributed by atoms with van der Waals surface area (Å²) in [6.07, 6.45) is 20.8. The summed E-state index contributed by atoms with van der Waals surface area (Å²) in [6, 6.07) is 7.29. The van der Waals surface area contributed by atoms with Gasteiger partial charge in [-0.2, -0.15) is 0 Å². The van der Waals surface area contributed by atoms with Crippen LogP contribution in [0.3, 0.4) is 0 Å². The summed E-state index contributed by atoms with van der Waals surface area (Å²) >= 11 is 0. The van der Waals surface area contributed by atoms with E-state index >= 15 is 0 Å². The number of phosphoric ester groups is 1. The smallest absolute Gasteiger partial charge is 0.404 e. The van der Waals surface area contributed by atoms with Crippen LogP contribution in [0.1, 0.15) is 136 Å². The molecule has 1 rings (SSSR count). The topological polar surface area (TPSA) is 55.8 Å². The van der Waals surface area contributed by atoms with Crippen molar-refractivity contribution in [3.8, 4) is 5.75 Å². The van der Waals surface area contributed by atoms with Gasteiger partial charge in [-0.15, -0.1) is 0 Å². The van der Waals surface area contributed by atoms with Crippen LogP contribution < -0.4 is 4.52 Å². The molecule has 0 fully saturated rings. The molecule has 0 aliphatic rings. The van der Waals surface area contributed by atoms with Crippen LogP contribution >= 0.6 is 7.82 Å². The molecular formula is C28H51O4P. The predicted molar refractivity (Wildman–Crippen MR) is 141 cm³/mol. The number of unbranched alkanes of at least 4 members (excludes halogenated alkanes) is 15. The van der Waals surface area contributed by atoms with Crippen LogP contribution in [0.2, 0.25) is 0 Å². The molecule has 0 heterocycles. The lowest BCUT2D eigenvalue weighted by atomic mass is 9.87. The molecule has 0 aliphatic carbocycles. The number of benzene rings is 1. The molecule has 0 bridgehead atoms. The molecule has 1 atom stereocenters. The van der Waals surface area contributed by atoms with Crippen LogP contribution in [0.15, 0.2) is 24.3 Å². The summed E-state index contributed by atoms with van der Waals surface area (Å²) in [5, 5.41) is 0. The molecule has 1 N–H and O–H groups in total. The number of rotatable bonds is 20. The standard InChI is InChI=1S/C28H51O4P/c1-5-6-7-8-9-10-11-12-13-14-15-16-17-18-19-20-25-31-33(29,30)32-27-23-21-26(22-24-27)28(2,3)4/h21-24H,5-20,25H2,1-4H3,(H,29,30). The molecule has 0 saturated heterocycles. The van der Waals surface area contributed by atoms with Crippen molar-refractivity contribution in [2.75, 3.05) is 6.61 Å². The molecule has 0 saturated carbocycles. The Bertz CT molecular complexity index is 636. The van der Waals surface area contributed by atoms with E-state index in [1.165, 1.54) is 83.5 Å². The molecule has 4 nitrogen and oxygen atoms in total. The number of phosphoric acid groups is 1. The monoisotopic (exact) mass is 482 g/mol. The van der Waals surface area contributed by atoms with Crippen molar-refractivity contribution in [3.63, 3.8) is 0 Å². The molecule has 192 valence electrons. The van der Waals surface area contributed by atoms with Gasteiger partial charge in [0.1, 0.15) is 5.75 Å². The van der Waals surface area contributed by atoms with Gasteiger partial charge in [-0.05, 0) is 29.5 Å². The zero-order chi connectivity index (χ0) is 24.4. The molecule has 0 aliphatic heterocycles. The maximum atomic E-state index is 12.1. The van der Waals surface area contributed by atoms with Gasteiger partial charge in [0.15, 0.2) is 0 Å². The third-order valence-electron chi connectivity index (χ3n) is 6.19. The van der Waals surface area contributed by atoms with Gasteiger partial charge in [0.05, 0.1) is 6.61 Å². The fraction of sp³-hybridized carbons (Fsp3) is 0.786. The number of hydrogen-bond acceptors (Lipinski definition) is 3. The van der Waals surface area contributed by atoms with Crippen molar-refractivity contribution in [1.82, 2.24) is 0 Å². The zero-order valence-electron chi connectivity index (χ0n) is 21.9. The maximum Gasteiger partial charge on any atom is 0.527 e. The van der Waals surface area contributed by atoms with Gasteiger partial charge < -0.3 is 4.52 Å². The highest BCUT2D eigenvalue weighted by Crippen LogP contribution is 2.44. The van der Waals surface area contributed by atoms with Crippen molar-refractivity contribution >= 4 is 7.82 Å². The fourth-order valence-corrected chi connectivity index (χ4v) is 4.81. The van der Waals surface area contributed by atoms with E-state index in [9.17, 15) is 9.46 Å². The van der Waals surface area contributed by atoms with E-state index in [-0.39, 0.29) is 12.0 Å². The van der Waals surface area contributed by atoms with Gasteiger partial charge in [0, 0.05) is 0 Å². The van der Waals surface area contributed by atoms with Crippen LogP contribution in [-0.2, 0) is 14.5 Å². The minimum absolute atomic E-state index is 0.0329. The first-order valence-electron chi connectivity index (χ1n) is 13.5. The lowest BCUT2D eigenvalue weighted by Gasteiger charge is -2.19. The molecule has 1 aromatic carbocycles. The predicted octanol–water partition coefficient (Wildman–Crippen LogP) is 9.74. The third kappa shape index (κ3) is 16.4. The second-order valence-electron chi connectivity index (χ2n) is 10.5. The quantitative estimate of drug-likeness (QED) is 0.148. The second-order valence-corrected chi connectivity index (χ2v) is 11.8. The van der Waals surface area contributed by atoms with Crippen molar-refractivity contribution in [2.24, 2.45) is 0 Å². The molecular weight excluding hydrogens is 431 g/mol. The highest BCUT2D eigenvalue weighted by molar-refractivity contribution is 7.47. The van der Waals surface area contributed by atoms with Gasteiger partial charge in [-0.25, -0.2) is 4.57 Å². The minimum Gasteiger partial charge on any atom is -0.404 e. The first-order chi connectivity index (χ1) is 15.7. The van der Waals surface area contributed by atoms with Crippen LogP contribution in [0.25, 0.3) is 0 Å². The SMILES string of the molecule is CCCCCCCCCCCCCCCCCCOP(=O)(O)Oc1ccc(C(C)(C)C)cc1. The Morgan fingerprint density at radius 3 is 1.48 bits per heavy atom. The first-order valence-corrected chi connectivity index (χ1v) is 15.0. The van der Waals surface area contributed by atoms with E-state index in [0.29, 0.717) is 5.75 Å². The average molecular weight is 483 g/mol. The van der Waals surface area contributed by atoms with Crippen molar-refractivity contribution in [2.45, 2.75) is 136 Å². The van der Waals surface area contributed by atoms with E-state index in [4.69, 9.17) is 9.05 Å². The van der Waals surface area contributed by atoms with Gasteiger partial charge in [0.25, 0.3) is 0 Å². The highest BCUT2D eigenvalue weighted by Gasteiger charge is 2.23. The molecule has 1 unspecified atom stereocenters. The van der Waals surface area contributed by atoms with Crippen LogP contribution in [0.4, 0.5) is 0 Å². The molecule has 0 aromatic heterocycles. The third-order valence-corrected chi connectivity index (χ3v) is 7.14. The van der Waals surface area contributed by atoms with Crippen molar-refractivity contribution in [1.29, 1.82) is 0 Å².